The van der Waals surface area contributed by atoms with E-state index in [4.69, 9.17) is 9.72 Å². The van der Waals surface area contributed by atoms with Crippen LogP contribution in [0, 0.1) is 6.92 Å². The van der Waals surface area contributed by atoms with E-state index >= 15 is 0 Å². The monoisotopic (exact) mass is 371 g/mol. The highest BCUT2D eigenvalue weighted by Gasteiger charge is 2.22. The fourth-order valence-corrected chi connectivity index (χ4v) is 3.69. The van der Waals surface area contributed by atoms with Gasteiger partial charge in [0.1, 0.15) is 18.5 Å². The molecule has 1 aliphatic rings. The summed E-state index contributed by atoms with van der Waals surface area (Å²) in [4.78, 5) is 4.77. The number of aliphatic hydroxyl groups is 1. The van der Waals surface area contributed by atoms with Crippen molar-refractivity contribution in [3.63, 3.8) is 0 Å². The third-order valence-electron chi connectivity index (χ3n) is 5.21. The molecule has 2 heterocycles. The van der Waals surface area contributed by atoms with Crippen molar-refractivity contribution in [2.75, 3.05) is 0 Å². The zero-order chi connectivity index (χ0) is 19.7. The van der Waals surface area contributed by atoms with Crippen LogP contribution in [0.15, 0.2) is 54.6 Å². The van der Waals surface area contributed by atoms with Gasteiger partial charge >= 0.3 is 0 Å². The van der Waals surface area contributed by atoms with Crippen LogP contribution >= 0.6 is 0 Å². The van der Waals surface area contributed by atoms with Gasteiger partial charge in [-0.2, -0.15) is 0 Å². The molecule has 4 rings (SSSR count). The quantitative estimate of drug-likeness (QED) is 0.646. The van der Waals surface area contributed by atoms with E-state index in [9.17, 15) is 5.11 Å². The molecule has 3 aromatic rings. The van der Waals surface area contributed by atoms with E-state index in [0.717, 1.165) is 39.4 Å². The predicted octanol–water partition coefficient (Wildman–Crippen LogP) is 5.66. The smallest absolute Gasteiger partial charge is 0.126 e. The van der Waals surface area contributed by atoms with Crippen molar-refractivity contribution in [1.82, 2.24) is 4.98 Å². The third-order valence-corrected chi connectivity index (χ3v) is 5.21. The molecule has 3 heteroatoms. The molecule has 0 fully saturated rings. The molecule has 1 atom stereocenters. The molecule has 0 spiro atoms. The summed E-state index contributed by atoms with van der Waals surface area (Å²) in [5, 5.41) is 10.9. The lowest BCUT2D eigenvalue weighted by molar-refractivity contribution is 0.218. The highest BCUT2D eigenvalue weighted by atomic mass is 16.5. The molecule has 2 aromatic carbocycles. The first-order valence-electron chi connectivity index (χ1n) is 9.71. The summed E-state index contributed by atoms with van der Waals surface area (Å²) in [7, 11) is 0. The Bertz CT molecular complexity index is 1040. The van der Waals surface area contributed by atoms with Crippen molar-refractivity contribution in [3.05, 3.63) is 93.8 Å². The van der Waals surface area contributed by atoms with Gasteiger partial charge in [0, 0.05) is 11.3 Å². The van der Waals surface area contributed by atoms with Crippen LogP contribution in [0.2, 0.25) is 0 Å². The maximum Gasteiger partial charge on any atom is 0.126 e. The number of rotatable bonds is 3. The van der Waals surface area contributed by atoms with Crippen molar-refractivity contribution in [3.8, 4) is 5.75 Å². The summed E-state index contributed by atoms with van der Waals surface area (Å²) in [6.45, 7) is 6.89. The number of pyridine rings is 1. The number of nitrogens with zero attached hydrogens (tertiary/aromatic N) is 1. The number of ether oxygens (including phenoxy) is 1. The van der Waals surface area contributed by atoms with Crippen LogP contribution in [-0.2, 0) is 6.61 Å². The van der Waals surface area contributed by atoms with Crippen LogP contribution in [-0.4, -0.2) is 10.1 Å². The average Bonchev–Trinajstić information content (AvgIpc) is 2.84. The Morgan fingerprint density at radius 3 is 2.68 bits per heavy atom. The summed E-state index contributed by atoms with van der Waals surface area (Å²) in [5.41, 5.74) is 7.02. The SMILES string of the molecule is Cc1ccc(C=Cc2ccc3c(c2)C(O)c2ccccc2CO3)nc1C(C)C. The summed E-state index contributed by atoms with van der Waals surface area (Å²) < 4.78 is 5.92. The van der Waals surface area contributed by atoms with Gasteiger partial charge in [0.15, 0.2) is 0 Å². The minimum atomic E-state index is -0.688. The van der Waals surface area contributed by atoms with Gasteiger partial charge in [-0.15, -0.1) is 0 Å². The topological polar surface area (TPSA) is 42.4 Å². The number of aryl methyl sites for hydroxylation is 1. The lowest BCUT2D eigenvalue weighted by atomic mass is 9.96. The second-order valence-corrected chi connectivity index (χ2v) is 7.61. The standard InChI is InChI=1S/C25H25NO2/c1-16(2)24-17(3)8-11-20(26-24)12-9-18-10-13-23-22(14-18)25(27)21-7-5-4-6-19(21)15-28-23/h4-14,16,25,27H,15H2,1-3H3. The van der Waals surface area contributed by atoms with Crippen molar-refractivity contribution >= 4 is 12.2 Å². The van der Waals surface area contributed by atoms with Gasteiger partial charge in [-0.05, 0) is 59.4 Å². The Morgan fingerprint density at radius 1 is 1.04 bits per heavy atom. The van der Waals surface area contributed by atoms with E-state index in [1.165, 1.54) is 5.56 Å². The summed E-state index contributed by atoms with van der Waals surface area (Å²) in [5.74, 6) is 1.13. The molecule has 0 aliphatic carbocycles. The van der Waals surface area contributed by atoms with Crippen LogP contribution in [0.3, 0.4) is 0 Å². The van der Waals surface area contributed by atoms with Crippen LogP contribution in [0.25, 0.3) is 12.2 Å². The Labute approximate surface area is 166 Å². The number of aliphatic hydroxyl groups excluding tert-OH is 1. The molecule has 1 N–H and O–H groups in total. The molecule has 1 aliphatic heterocycles. The molecule has 3 nitrogen and oxygen atoms in total. The first-order valence-corrected chi connectivity index (χ1v) is 9.71. The summed E-state index contributed by atoms with van der Waals surface area (Å²) in [6, 6.07) is 18.0. The zero-order valence-corrected chi connectivity index (χ0v) is 16.5. The number of hydrogen-bond donors (Lipinski definition) is 1. The number of hydrogen-bond acceptors (Lipinski definition) is 3. The maximum atomic E-state index is 10.9. The lowest BCUT2D eigenvalue weighted by Crippen LogP contribution is -2.01. The minimum absolute atomic E-state index is 0.396. The molecular weight excluding hydrogens is 346 g/mol. The van der Waals surface area contributed by atoms with Gasteiger partial charge < -0.3 is 9.84 Å². The van der Waals surface area contributed by atoms with Crippen LogP contribution in [0.4, 0.5) is 0 Å². The van der Waals surface area contributed by atoms with Gasteiger partial charge in [0.25, 0.3) is 0 Å². The molecule has 0 saturated heterocycles. The summed E-state index contributed by atoms with van der Waals surface area (Å²) in [6.07, 6.45) is 3.36. The fraction of sp³-hybridized carbons (Fsp3) is 0.240. The minimum Gasteiger partial charge on any atom is -0.488 e. The summed E-state index contributed by atoms with van der Waals surface area (Å²) >= 11 is 0. The van der Waals surface area contributed by atoms with Crippen molar-refractivity contribution in [1.29, 1.82) is 0 Å². The molecule has 142 valence electrons. The zero-order valence-electron chi connectivity index (χ0n) is 16.5. The van der Waals surface area contributed by atoms with E-state index in [2.05, 4.69) is 26.8 Å². The average molecular weight is 371 g/mol. The number of fused-ring (bicyclic) bond motifs is 2. The highest BCUT2D eigenvalue weighted by Crippen LogP contribution is 2.36. The largest absolute Gasteiger partial charge is 0.488 e. The Kier molecular flexibility index (Phi) is 5.01. The first kappa shape index (κ1) is 18.5. The number of aromatic nitrogens is 1. The van der Waals surface area contributed by atoms with E-state index in [1.807, 2.05) is 60.7 Å². The second kappa shape index (κ2) is 7.61. The Hall–Kier alpha value is -2.91. The van der Waals surface area contributed by atoms with Crippen molar-refractivity contribution in [2.24, 2.45) is 0 Å². The molecule has 0 amide bonds. The van der Waals surface area contributed by atoms with E-state index < -0.39 is 6.10 Å². The molecule has 28 heavy (non-hydrogen) atoms. The van der Waals surface area contributed by atoms with Crippen LogP contribution in [0.5, 0.6) is 5.75 Å². The predicted molar refractivity (Wildman–Crippen MR) is 113 cm³/mol. The molecule has 0 radical (unpaired) electrons. The van der Waals surface area contributed by atoms with Gasteiger partial charge in [-0.3, -0.25) is 4.98 Å². The lowest BCUT2D eigenvalue weighted by Gasteiger charge is -2.13. The molecule has 0 bridgehead atoms. The second-order valence-electron chi connectivity index (χ2n) is 7.61. The fourth-order valence-electron chi connectivity index (χ4n) is 3.69. The molecular formula is C25H25NO2. The van der Waals surface area contributed by atoms with E-state index in [-0.39, 0.29) is 0 Å². The van der Waals surface area contributed by atoms with Crippen LogP contribution < -0.4 is 4.74 Å². The first-order chi connectivity index (χ1) is 13.5. The third kappa shape index (κ3) is 3.58. The van der Waals surface area contributed by atoms with Gasteiger partial charge in [-0.1, -0.05) is 56.3 Å². The van der Waals surface area contributed by atoms with Gasteiger partial charge in [0.05, 0.1) is 5.69 Å². The van der Waals surface area contributed by atoms with Crippen LogP contribution in [0.1, 0.15) is 65.1 Å². The molecule has 1 unspecified atom stereocenters. The highest BCUT2D eigenvalue weighted by molar-refractivity contribution is 5.69. The Morgan fingerprint density at radius 2 is 1.86 bits per heavy atom. The Balaban J connectivity index is 1.65. The maximum absolute atomic E-state index is 10.9. The van der Waals surface area contributed by atoms with Crippen molar-refractivity contribution < 1.29 is 9.84 Å². The molecule has 0 saturated carbocycles. The van der Waals surface area contributed by atoms with Gasteiger partial charge in [-0.25, -0.2) is 0 Å². The van der Waals surface area contributed by atoms with E-state index in [0.29, 0.717) is 12.5 Å². The van der Waals surface area contributed by atoms with E-state index in [1.54, 1.807) is 0 Å². The normalized spacial score (nSPS) is 15.8. The van der Waals surface area contributed by atoms with Gasteiger partial charge in [0.2, 0.25) is 0 Å². The molecule has 1 aromatic heterocycles. The van der Waals surface area contributed by atoms with Crippen molar-refractivity contribution in [2.45, 2.75) is 39.4 Å². The number of benzene rings is 2.